The summed E-state index contributed by atoms with van der Waals surface area (Å²) in [5.74, 6) is -0.206. The molecule has 0 bridgehead atoms. The van der Waals surface area contributed by atoms with Crippen LogP contribution in [-0.4, -0.2) is 23.8 Å². The lowest BCUT2D eigenvalue weighted by Gasteiger charge is -2.04. The number of fused-ring (bicyclic) bond motifs is 1. The van der Waals surface area contributed by atoms with Gasteiger partial charge in [-0.05, 0) is 19.2 Å². The Morgan fingerprint density at radius 1 is 1.26 bits per heavy atom. The van der Waals surface area contributed by atoms with Crippen LogP contribution in [0.15, 0.2) is 28.7 Å². The van der Waals surface area contributed by atoms with E-state index >= 15 is 0 Å². The van der Waals surface area contributed by atoms with Crippen LogP contribution in [0.1, 0.15) is 16.1 Å². The molecule has 0 spiro atoms. The van der Waals surface area contributed by atoms with Gasteiger partial charge in [0.15, 0.2) is 5.76 Å². The average molecular weight is 278 g/mol. The van der Waals surface area contributed by atoms with E-state index in [0.717, 1.165) is 10.9 Å². The lowest BCUT2D eigenvalue weighted by molar-refractivity contribution is -0.119. The second kappa shape index (κ2) is 5.79. The highest BCUT2D eigenvalue weighted by Gasteiger charge is 2.17. The molecule has 19 heavy (non-hydrogen) atoms. The van der Waals surface area contributed by atoms with E-state index in [1.807, 2.05) is 31.4 Å². The van der Waals surface area contributed by atoms with E-state index in [1.54, 1.807) is 6.07 Å². The number of carbonyl (C=O) groups excluding carboxylic acids is 2. The molecule has 6 heteroatoms. The zero-order chi connectivity index (χ0) is 13.8. The summed E-state index contributed by atoms with van der Waals surface area (Å²) >= 11 is 1.38. The molecule has 1 aromatic heterocycles. The van der Waals surface area contributed by atoms with Gasteiger partial charge in [-0.25, -0.2) is 0 Å². The molecule has 0 radical (unpaired) electrons. The summed E-state index contributed by atoms with van der Waals surface area (Å²) in [6.07, 6.45) is 1.81. The van der Waals surface area contributed by atoms with Crippen molar-refractivity contribution in [2.75, 3.05) is 12.0 Å². The van der Waals surface area contributed by atoms with Crippen molar-refractivity contribution >= 4 is 34.5 Å². The number of benzene rings is 1. The van der Waals surface area contributed by atoms with Crippen LogP contribution >= 0.6 is 11.8 Å². The lowest BCUT2D eigenvalue weighted by Crippen LogP contribution is -2.42. The monoisotopic (exact) mass is 278 g/mol. The standard InChI is InChI=1S/C13H14N2O3S/c1-8-9-5-3-4-6-10(9)18-12(8)13(17)15-14-11(16)7-19-2/h3-6H,7H2,1-2H3,(H,14,16)(H,15,17). The number of hydrazine groups is 1. The molecule has 2 amide bonds. The van der Waals surface area contributed by atoms with Gasteiger partial charge in [-0.2, -0.15) is 11.8 Å². The van der Waals surface area contributed by atoms with Gasteiger partial charge in [0.2, 0.25) is 5.91 Å². The predicted molar refractivity (Wildman–Crippen MR) is 74.9 cm³/mol. The van der Waals surface area contributed by atoms with Crippen molar-refractivity contribution in [3.8, 4) is 0 Å². The van der Waals surface area contributed by atoms with Gasteiger partial charge >= 0.3 is 5.91 Å². The summed E-state index contributed by atoms with van der Waals surface area (Å²) in [7, 11) is 0. The molecule has 0 aliphatic heterocycles. The minimum Gasteiger partial charge on any atom is -0.451 e. The Labute approximate surface area is 114 Å². The zero-order valence-corrected chi connectivity index (χ0v) is 11.5. The topological polar surface area (TPSA) is 71.3 Å². The van der Waals surface area contributed by atoms with E-state index < -0.39 is 5.91 Å². The van der Waals surface area contributed by atoms with Gasteiger partial charge < -0.3 is 4.42 Å². The van der Waals surface area contributed by atoms with E-state index in [9.17, 15) is 9.59 Å². The van der Waals surface area contributed by atoms with Crippen LogP contribution in [0, 0.1) is 6.92 Å². The summed E-state index contributed by atoms with van der Waals surface area (Å²) in [4.78, 5) is 23.2. The normalized spacial score (nSPS) is 10.4. The molecule has 2 N–H and O–H groups in total. The first-order valence-corrected chi connectivity index (χ1v) is 7.09. The highest BCUT2D eigenvalue weighted by molar-refractivity contribution is 7.99. The van der Waals surface area contributed by atoms with Crippen LogP contribution in [-0.2, 0) is 4.79 Å². The molecule has 1 aromatic carbocycles. The molecular formula is C13H14N2O3S. The van der Waals surface area contributed by atoms with Crippen LogP contribution in [0.5, 0.6) is 0 Å². The van der Waals surface area contributed by atoms with Crippen molar-refractivity contribution in [3.05, 3.63) is 35.6 Å². The Hall–Kier alpha value is -1.95. The molecule has 0 saturated heterocycles. The molecule has 0 saturated carbocycles. The smallest absolute Gasteiger partial charge is 0.305 e. The van der Waals surface area contributed by atoms with Gasteiger partial charge in [-0.15, -0.1) is 0 Å². The minimum atomic E-state index is -0.455. The summed E-state index contributed by atoms with van der Waals surface area (Å²) in [5, 5.41) is 0.892. The first kappa shape index (κ1) is 13.5. The van der Waals surface area contributed by atoms with Crippen LogP contribution in [0.2, 0.25) is 0 Å². The molecule has 2 rings (SSSR count). The van der Waals surface area contributed by atoms with Crippen molar-refractivity contribution in [1.29, 1.82) is 0 Å². The number of para-hydroxylation sites is 1. The number of thioether (sulfide) groups is 1. The molecule has 0 unspecified atom stereocenters. The number of rotatable bonds is 3. The van der Waals surface area contributed by atoms with Gasteiger partial charge in [-0.1, -0.05) is 18.2 Å². The van der Waals surface area contributed by atoms with Crippen LogP contribution in [0.3, 0.4) is 0 Å². The molecule has 0 atom stereocenters. The molecule has 0 aliphatic rings. The first-order valence-electron chi connectivity index (χ1n) is 5.69. The fourth-order valence-electron chi connectivity index (χ4n) is 1.74. The Kier molecular flexibility index (Phi) is 4.11. The van der Waals surface area contributed by atoms with Gasteiger partial charge in [-0.3, -0.25) is 20.4 Å². The first-order chi connectivity index (χ1) is 9.13. The maximum atomic E-state index is 11.9. The van der Waals surface area contributed by atoms with Crippen molar-refractivity contribution in [3.63, 3.8) is 0 Å². The molecular weight excluding hydrogens is 264 g/mol. The summed E-state index contributed by atoms with van der Waals surface area (Å²) < 4.78 is 5.48. The number of furan rings is 1. The third kappa shape index (κ3) is 2.90. The van der Waals surface area contributed by atoms with E-state index in [1.165, 1.54) is 11.8 Å². The highest BCUT2D eigenvalue weighted by Crippen LogP contribution is 2.24. The van der Waals surface area contributed by atoms with E-state index in [4.69, 9.17) is 4.42 Å². The van der Waals surface area contributed by atoms with Crippen molar-refractivity contribution in [2.24, 2.45) is 0 Å². The van der Waals surface area contributed by atoms with Crippen molar-refractivity contribution < 1.29 is 14.0 Å². The Bertz CT molecular complexity index is 621. The summed E-state index contributed by atoms with van der Waals surface area (Å²) in [5.41, 5.74) is 6.08. The summed E-state index contributed by atoms with van der Waals surface area (Å²) in [6.45, 7) is 1.81. The third-order valence-electron chi connectivity index (χ3n) is 2.64. The van der Waals surface area contributed by atoms with Crippen molar-refractivity contribution in [1.82, 2.24) is 10.9 Å². The fraction of sp³-hybridized carbons (Fsp3) is 0.231. The summed E-state index contributed by atoms with van der Waals surface area (Å²) in [6, 6.07) is 7.41. The fourth-order valence-corrected chi connectivity index (χ4v) is 2.08. The molecule has 0 fully saturated rings. The predicted octanol–water partition coefficient (Wildman–Crippen LogP) is 1.87. The maximum Gasteiger partial charge on any atom is 0.305 e. The van der Waals surface area contributed by atoms with Crippen LogP contribution in [0.25, 0.3) is 11.0 Å². The second-order valence-corrected chi connectivity index (χ2v) is 4.85. The maximum absolute atomic E-state index is 11.9. The Balaban J connectivity index is 2.13. The van der Waals surface area contributed by atoms with E-state index in [2.05, 4.69) is 10.9 Å². The largest absolute Gasteiger partial charge is 0.451 e. The van der Waals surface area contributed by atoms with Crippen molar-refractivity contribution in [2.45, 2.75) is 6.92 Å². The quantitative estimate of drug-likeness (QED) is 0.841. The van der Waals surface area contributed by atoms with Gasteiger partial charge in [0.1, 0.15) is 5.58 Å². The highest BCUT2D eigenvalue weighted by atomic mass is 32.2. The molecule has 5 nitrogen and oxygen atoms in total. The van der Waals surface area contributed by atoms with Gasteiger partial charge in [0, 0.05) is 10.9 Å². The number of hydrogen-bond donors (Lipinski definition) is 2. The van der Waals surface area contributed by atoms with E-state index in [-0.39, 0.29) is 11.7 Å². The van der Waals surface area contributed by atoms with Gasteiger partial charge in [0.05, 0.1) is 5.75 Å². The van der Waals surface area contributed by atoms with Crippen LogP contribution < -0.4 is 10.9 Å². The Morgan fingerprint density at radius 2 is 2.00 bits per heavy atom. The number of amides is 2. The molecule has 1 heterocycles. The van der Waals surface area contributed by atoms with Gasteiger partial charge in [0.25, 0.3) is 0 Å². The number of hydrogen-bond acceptors (Lipinski definition) is 4. The molecule has 0 aliphatic carbocycles. The number of carbonyl (C=O) groups is 2. The molecule has 2 aromatic rings. The molecule has 100 valence electrons. The Morgan fingerprint density at radius 3 is 2.68 bits per heavy atom. The number of aryl methyl sites for hydroxylation is 1. The minimum absolute atomic E-state index is 0.214. The lowest BCUT2D eigenvalue weighted by atomic mass is 10.1. The SMILES string of the molecule is CSCC(=O)NNC(=O)c1oc2ccccc2c1C. The van der Waals surface area contributed by atoms with Crippen LogP contribution in [0.4, 0.5) is 0 Å². The zero-order valence-electron chi connectivity index (χ0n) is 10.6. The number of nitrogens with one attached hydrogen (secondary N) is 2. The van der Waals surface area contributed by atoms with E-state index in [0.29, 0.717) is 11.3 Å². The second-order valence-electron chi connectivity index (χ2n) is 3.99. The third-order valence-corrected chi connectivity index (χ3v) is 3.19. The average Bonchev–Trinajstić information content (AvgIpc) is 2.74.